The zero-order valence-electron chi connectivity index (χ0n) is 26.5. The molecule has 0 saturated carbocycles. The number of carbonyl (C=O) groups excluding carboxylic acids is 3. The molecule has 2 atom stereocenters. The van der Waals surface area contributed by atoms with Gasteiger partial charge in [0.25, 0.3) is 0 Å². The summed E-state index contributed by atoms with van der Waals surface area (Å²) >= 11 is 0. The maximum Gasteiger partial charge on any atom is 0.457 e. The molecule has 0 aromatic rings. The van der Waals surface area contributed by atoms with Crippen molar-refractivity contribution in [3.63, 3.8) is 0 Å². The van der Waals surface area contributed by atoms with E-state index in [4.69, 9.17) is 18.8 Å². The molecule has 3 N–H and O–H groups in total. The summed E-state index contributed by atoms with van der Waals surface area (Å²) in [5.41, 5.74) is -4.02. The molecule has 13 heteroatoms. The highest BCUT2D eigenvalue weighted by Gasteiger charge is 2.53. The van der Waals surface area contributed by atoms with Gasteiger partial charge in [0.2, 0.25) is 5.91 Å². The molecule has 12 nitrogen and oxygen atoms in total. The minimum Gasteiger partial charge on any atom is -0.479 e. The lowest BCUT2D eigenvalue weighted by Crippen LogP contribution is -2.64. The van der Waals surface area contributed by atoms with Gasteiger partial charge < -0.3 is 34.5 Å². The number of alkyl carbamates (subject to hydrolysis) is 1. The van der Waals surface area contributed by atoms with E-state index >= 15 is 0 Å². The number of carbonyl (C=O) groups is 4. The number of hydrogen-bond acceptors (Lipinski definition) is 8. The number of aliphatic carboxylic acids is 1. The topological polar surface area (TPSA) is 153 Å². The van der Waals surface area contributed by atoms with Gasteiger partial charge in [0.05, 0.1) is 11.2 Å². The normalized spacial score (nSPS) is 24.0. The van der Waals surface area contributed by atoms with Crippen molar-refractivity contribution in [1.82, 2.24) is 15.5 Å². The summed E-state index contributed by atoms with van der Waals surface area (Å²) in [7, 11) is -0.404. The van der Waals surface area contributed by atoms with Gasteiger partial charge in [-0.3, -0.25) is 9.69 Å². The smallest absolute Gasteiger partial charge is 0.457 e. The fourth-order valence-electron chi connectivity index (χ4n) is 4.93. The average Bonchev–Trinajstić information content (AvgIpc) is 2.98. The van der Waals surface area contributed by atoms with Crippen molar-refractivity contribution in [3.8, 4) is 0 Å². The Morgan fingerprint density at radius 3 is 2.02 bits per heavy atom. The summed E-state index contributed by atoms with van der Waals surface area (Å²) in [6.45, 7) is 18.0. The van der Waals surface area contributed by atoms with Gasteiger partial charge in [-0.1, -0.05) is 12.8 Å². The Balaban J connectivity index is 2.11. The minimum absolute atomic E-state index is 0.00373. The van der Waals surface area contributed by atoms with Crippen LogP contribution in [0.3, 0.4) is 0 Å². The van der Waals surface area contributed by atoms with Gasteiger partial charge >= 0.3 is 25.3 Å². The third kappa shape index (κ3) is 9.77. The van der Waals surface area contributed by atoms with Crippen LogP contribution in [0.15, 0.2) is 0 Å². The number of ether oxygens (including phenoxy) is 2. The monoisotopic (exact) mass is 583 g/mol. The van der Waals surface area contributed by atoms with Crippen LogP contribution < -0.4 is 10.6 Å². The lowest BCUT2D eigenvalue weighted by molar-refractivity contribution is -0.155. The molecule has 2 fully saturated rings. The van der Waals surface area contributed by atoms with E-state index in [1.165, 1.54) is 4.90 Å². The lowest BCUT2D eigenvalue weighted by atomic mass is 9.77. The summed E-state index contributed by atoms with van der Waals surface area (Å²) in [6, 6.07) is -0.527. The largest absolute Gasteiger partial charge is 0.479 e. The molecule has 0 spiro atoms. The standard InChI is InChI=1S/C28H50BN3O9/c1-24(2,3)38-22(36)30-18-20(33)31-19-13-16-32(23(37)39-25(4,5)6)28(17-19,21(34)35)14-11-12-15-29-40-26(7,8)27(9,10)41-29/h19H,11-18H2,1-10H3,(H,30,36)(H,31,33)(H,34,35)/t19-,28+/m0/s1. The maximum atomic E-state index is 13.2. The molecule has 2 aliphatic rings. The van der Waals surface area contributed by atoms with Gasteiger partial charge in [-0.2, -0.15) is 0 Å². The Morgan fingerprint density at radius 1 is 0.951 bits per heavy atom. The molecule has 0 aromatic carbocycles. The predicted molar refractivity (Wildman–Crippen MR) is 153 cm³/mol. The van der Waals surface area contributed by atoms with Crippen LogP contribution in [0.1, 0.15) is 101 Å². The van der Waals surface area contributed by atoms with Crippen LogP contribution in [0.2, 0.25) is 6.32 Å². The fraction of sp³-hybridized carbons (Fsp3) is 0.857. The molecule has 2 aliphatic heterocycles. The molecule has 41 heavy (non-hydrogen) atoms. The molecule has 0 unspecified atom stereocenters. The third-order valence-electron chi connectivity index (χ3n) is 7.55. The molecule has 0 aromatic heterocycles. The second kappa shape index (κ2) is 12.8. The average molecular weight is 584 g/mol. The van der Waals surface area contributed by atoms with E-state index in [0.29, 0.717) is 25.6 Å². The molecule has 0 bridgehead atoms. The van der Waals surface area contributed by atoms with E-state index < -0.39 is 65.2 Å². The first-order chi connectivity index (χ1) is 18.6. The highest BCUT2D eigenvalue weighted by molar-refractivity contribution is 6.45. The Hall–Kier alpha value is -2.54. The van der Waals surface area contributed by atoms with Crippen LogP contribution in [0.4, 0.5) is 9.59 Å². The van der Waals surface area contributed by atoms with Crippen LogP contribution >= 0.6 is 0 Å². The van der Waals surface area contributed by atoms with Crippen molar-refractivity contribution in [2.24, 2.45) is 0 Å². The SMILES string of the molecule is CC(C)(C)OC(=O)NCC(=O)N[C@H]1CCN(C(=O)OC(C)(C)C)[C@@](CCCCB2OC(C)(C)C(C)(C)O2)(C(=O)O)C1. The Labute approximate surface area is 244 Å². The van der Waals surface area contributed by atoms with Gasteiger partial charge in [-0.15, -0.1) is 0 Å². The second-order valence-electron chi connectivity index (χ2n) is 14.0. The van der Waals surface area contributed by atoms with Crippen LogP contribution in [0, 0.1) is 0 Å². The van der Waals surface area contributed by atoms with E-state index in [0.717, 1.165) is 0 Å². The van der Waals surface area contributed by atoms with Crippen molar-refractivity contribution in [2.45, 2.75) is 142 Å². The lowest BCUT2D eigenvalue weighted by Gasteiger charge is -2.47. The number of carboxylic acid groups (broad SMARTS) is 1. The van der Waals surface area contributed by atoms with E-state index in [2.05, 4.69) is 10.6 Å². The minimum atomic E-state index is -1.59. The number of unbranched alkanes of at least 4 members (excludes halogenated alkanes) is 1. The fourth-order valence-corrected chi connectivity index (χ4v) is 4.93. The molecule has 2 rings (SSSR count). The highest BCUT2D eigenvalue weighted by atomic mass is 16.7. The Morgan fingerprint density at radius 2 is 1.51 bits per heavy atom. The van der Waals surface area contributed by atoms with E-state index in [9.17, 15) is 24.3 Å². The molecule has 2 heterocycles. The number of nitrogens with zero attached hydrogens (tertiary/aromatic N) is 1. The van der Waals surface area contributed by atoms with Crippen molar-refractivity contribution in [3.05, 3.63) is 0 Å². The summed E-state index contributed by atoms with van der Waals surface area (Å²) in [4.78, 5) is 51.9. The third-order valence-corrected chi connectivity index (χ3v) is 7.55. The number of nitrogens with one attached hydrogen (secondary N) is 2. The summed E-state index contributed by atoms with van der Waals surface area (Å²) in [6.07, 6.45) is 0.726. The van der Waals surface area contributed by atoms with Crippen LogP contribution in [-0.2, 0) is 28.4 Å². The second-order valence-corrected chi connectivity index (χ2v) is 14.0. The van der Waals surface area contributed by atoms with E-state index in [1.54, 1.807) is 41.5 Å². The molecule has 3 amide bonds. The van der Waals surface area contributed by atoms with Crippen LogP contribution in [0.5, 0.6) is 0 Å². The Kier molecular flexibility index (Phi) is 10.8. The molecule has 0 aliphatic carbocycles. The number of rotatable bonds is 9. The van der Waals surface area contributed by atoms with Gasteiger partial charge in [-0.05, 0) is 88.4 Å². The first kappa shape index (κ1) is 34.7. The first-order valence-corrected chi connectivity index (χ1v) is 14.4. The van der Waals surface area contributed by atoms with E-state index in [-0.39, 0.29) is 25.9 Å². The number of hydrogen-bond donors (Lipinski definition) is 3. The highest BCUT2D eigenvalue weighted by Crippen LogP contribution is 2.39. The van der Waals surface area contributed by atoms with Gasteiger partial charge in [0.1, 0.15) is 23.3 Å². The molecular weight excluding hydrogens is 533 g/mol. The van der Waals surface area contributed by atoms with Gasteiger partial charge in [0, 0.05) is 19.0 Å². The molecule has 234 valence electrons. The molecule has 0 radical (unpaired) electrons. The van der Waals surface area contributed by atoms with Gasteiger partial charge in [0.15, 0.2) is 0 Å². The summed E-state index contributed by atoms with van der Waals surface area (Å²) in [5.74, 6) is -1.64. The zero-order valence-corrected chi connectivity index (χ0v) is 26.5. The molecule has 2 saturated heterocycles. The summed E-state index contributed by atoms with van der Waals surface area (Å²) in [5, 5.41) is 15.7. The van der Waals surface area contributed by atoms with Crippen molar-refractivity contribution >= 4 is 31.2 Å². The van der Waals surface area contributed by atoms with Gasteiger partial charge in [-0.25, -0.2) is 14.4 Å². The predicted octanol–water partition coefficient (Wildman–Crippen LogP) is 4.11. The van der Waals surface area contributed by atoms with E-state index in [1.807, 2.05) is 27.7 Å². The number of piperidine rings is 1. The number of likely N-dealkylation sites (tertiary alicyclic amines) is 1. The number of carboxylic acids is 1. The first-order valence-electron chi connectivity index (χ1n) is 14.4. The summed E-state index contributed by atoms with van der Waals surface area (Å²) < 4.78 is 22.8. The number of amides is 3. The van der Waals surface area contributed by atoms with Crippen molar-refractivity contribution < 1.29 is 43.1 Å². The van der Waals surface area contributed by atoms with Crippen LogP contribution in [-0.4, -0.2) is 88.3 Å². The maximum absolute atomic E-state index is 13.2. The Bertz CT molecular complexity index is 958. The quantitative estimate of drug-likeness (QED) is 0.269. The van der Waals surface area contributed by atoms with Crippen LogP contribution in [0.25, 0.3) is 0 Å². The molecular formula is C28H50BN3O9. The van der Waals surface area contributed by atoms with Crippen molar-refractivity contribution in [1.29, 1.82) is 0 Å². The van der Waals surface area contributed by atoms with Crippen molar-refractivity contribution in [2.75, 3.05) is 13.1 Å². The zero-order chi connectivity index (χ0) is 31.4.